The first-order valence-corrected chi connectivity index (χ1v) is 7.11. The Bertz CT molecular complexity index is 523. The van der Waals surface area contributed by atoms with Crippen molar-refractivity contribution in [3.05, 3.63) is 45.6 Å². The van der Waals surface area contributed by atoms with E-state index in [0.717, 1.165) is 30.4 Å². The Morgan fingerprint density at radius 3 is 2.63 bits per heavy atom. The molecule has 1 aliphatic rings. The largest absolute Gasteiger partial charge is 0.383 e. The van der Waals surface area contributed by atoms with Crippen LogP contribution < -0.4 is 0 Å². The number of ketones is 1. The second-order valence-corrected chi connectivity index (χ2v) is 5.91. The van der Waals surface area contributed by atoms with Crippen molar-refractivity contribution in [1.29, 1.82) is 0 Å². The van der Waals surface area contributed by atoms with Gasteiger partial charge >= 0.3 is 0 Å². The lowest BCUT2D eigenvalue weighted by Crippen LogP contribution is -2.21. The summed E-state index contributed by atoms with van der Waals surface area (Å²) < 4.78 is 0. The van der Waals surface area contributed by atoms with Gasteiger partial charge in [0, 0.05) is 31.8 Å². The van der Waals surface area contributed by atoms with Crippen LogP contribution in [0.15, 0.2) is 30.0 Å². The second-order valence-electron chi connectivity index (χ2n) is 5.10. The summed E-state index contributed by atoms with van der Waals surface area (Å²) in [7, 11) is 3.87. The smallest absolute Gasteiger partial charge is 0.167 e. The van der Waals surface area contributed by atoms with Gasteiger partial charge in [-0.3, -0.25) is 4.79 Å². The van der Waals surface area contributed by atoms with Crippen LogP contribution in [0.4, 0.5) is 0 Å². The Hall–Kier alpha value is -0.990. The van der Waals surface area contributed by atoms with Crippen molar-refractivity contribution >= 4 is 29.0 Å². The molecular formula is C15H17Cl2NO. The Balaban J connectivity index is 2.29. The van der Waals surface area contributed by atoms with Gasteiger partial charge in [-0.25, -0.2) is 0 Å². The summed E-state index contributed by atoms with van der Waals surface area (Å²) in [4.78, 5) is 14.4. The summed E-state index contributed by atoms with van der Waals surface area (Å²) in [6, 6.07) is 5.47. The molecule has 0 amide bonds. The number of benzene rings is 1. The minimum Gasteiger partial charge on any atom is -0.383 e. The summed E-state index contributed by atoms with van der Waals surface area (Å²) in [6.07, 6.45) is 4.68. The molecule has 0 saturated heterocycles. The van der Waals surface area contributed by atoms with Gasteiger partial charge in [-0.2, -0.15) is 0 Å². The third-order valence-electron chi connectivity index (χ3n) is 3.33. The summed E-state index contributed by atoms with van der Waals surface area (Å²) in [6.45, 7) is 0. The highest BCUT2D eigenvalue weighted by Gasteiger charge is 2.28. The molecule has 2 nitrogen and oxygen atoms in total. The SMILES string of the molecule is CN(C)/C=C1\CCCC(c2ccc(Cl)c(Cl)c2)C1=O. The molecule has 2 rings (SSSR count). The third-order valence-corrected chi connectivity index (χ3v) is 4.07. The van der Waals surface area contributed by atoms with Crippen LogP contribution in [-0.4, -0.2) is 24.8 Å². The zero-order valence-corrected chi connectivity index (χ0v) is 12.6. The monoisotopic (exact) mass is 297 g/mol. The highest BCUT2D eigenvalue weighted by Crippen LogP contribution is 2.35. The number of nitrogens with zero attached hydrogens (tertiary/aromatic N) is 1. The quantitative estimate of drug-likeness (QED) is 0.760. The van der Waals surface area contributed by atoms with Crippen LogP contribution in [0.1, 0.15) is 30.7 Å². The molecule has 4 heteroatoms. The van der Waals surface area contributed by atoms with E-state index in [0.29, 0.717) is 10.0 Å². The van der Waals surface area contributed by atoms with Crippen LogP contribution in [-0.2, 0) is 4.79 Å². The van der Waals surface area contributed by atoms with Crippen LogP contribution in [0, 0.1) is 0 Å². The van der Waals surface area contributed by atoms with Crippen LogP contribution in [0.3, 0.4) is 0 Å². The maximum Gasteiger partial charge on any atom is 0.167 e. The summed E-state index contributed by atoms with van der Waals surface area (Å²) in [5.41, 5.74) is 1.86. The molecule has 1 aromatic carbocycles. The molecule has 102 valence electrons. The van der Waals surface area contributed by atoms with Crippen molar-refractivity contribution in [2.45, 2.75) is 25.2 Å². The molecule has 1 atom stereocenters. The van der Waals surface area contributed by atoms with E-state index in [1.54, 1.807) is 6.07 Å². The number of allylic oxidation sites excluding steroid dienone is 1. The molecule has 1 aromatic rings. The van der Waals surface area contributed by atoms with E-state index >= 15 is 0 Å². The molecule has 0 N–H and O–H groups in total. The van der Waals surface area contributed by atoms with E-state index in [1.165, 1.54) is 0 Å². The minimum absolute atomic E-state index is 0.0882. The van der Waals surface area contributed by atoms with E-state index in [2.05, 4.69) is 0 Å². The molecule has 0 heterocycles. The average Bonchev–Trinajstić information content (AvgIpc) is 2.35. The van der Waals surface area contributed by atoms with Crippen LogP contribution in [0.25, 0.3) is 0 Å². The van der Waals surface area contributed by atoms with Crippen molar-refractivity contribution in [3.63, 3.8) is 0 Å². The Morgan fingerprint density at radius 2 is 2.00 bits per heavy atom. The summed E-state index contributed by atoms with van der Waals surface area (Å²) in [5, 5.41) is 1.04. The number of carbonyl (C=O) groups is 1. The molecule has 0 radical (unpaired) electrons. The van der Waals surface area contributed by atoms with Gasteiger partial charge in [-0.05, 0) is 37.0 Å². The van der Waals surface area contributed by atoms with Gasteiger partial charge in [0.2, 0.25) is 0 Å². The van der Waals surface area contributed by atoms with E-state index < -0.39 is 0 Å². The van der Waals surface area contributed by atoms with Gasteiger partial charge in [0.05, 0.1) is 10.0 Å². The van der Waals surface area contributed by atoms with Crippen LogP contribution in [0.2, 0.25) is 10.0 Å². The number of hydrogen-bond donors (Lipinski definition) is 0. The lowest BCUT2D eigenvalue weighted by molar-refractivity contribution is -0.118. The average molecular weight is 298 g/mol. The second kappa shape index (κ2) is 5.98. The van der Waals surface area contributed by atoms with Crippen molar-refractivity contribution in [2.75, 3.05) is 14.1 Å². The molecular weight excluding hydrogens is 281 g/mol. The topological polar surface area (TPSA) is 20.3 Å². The molecule has 0 aromatic heterocycles. The third kappa shape index (κ3) is 3.31. The standard InChI is InChI=1S/C15H17Cl2NO/c1-18(2)9-11-4-3-5-12(15(11)19)10-6-7-13(16)14(17)8-10/h6-9,12H,3-5H2,1-2H3/b11-9+. The molecule has 1 aliphatic carbocycles. The lowest BCUT2D eigenvalue weighted by atomic mass is 9.80. The fourth-order valence-electron chi connectivity index (χ4n) is 2.46. The van der Waals surface area contributed by atoms with Crippen LogP contribution >= 0.6 is 23.2 Å². The van der Waals surface area contributed by atoms with Crippen molar-refractivity contribution in [2.24, 2.45) is 0 Å². The predicted octanol–water partition coefficient (Wildman–Crippen LogP) is 4.28. The van der Waals surface area contributed by atoms with Gasteiger partial charge in [0.1, 0.15) is 0 Å². The molecule has 1 saturated carbocycles. The first kappa shape index (κ1) is 14.4. The molecule has 0 bridgehead atoms. The van der Waals surface area contributed by atoms with Crippen LogP contribution in [0.5, 0.6) is 0 Å². The zero-order chi connectivity index (χ0) is 14.0. The maximum atomic E-state index is 12.5. The van der Waals surface area contributed by atoms with Gasteiger partial charge < -0.3 is 4.90 Å². The predicted molar refractivity (Wildman–Crippen MR) is 79.8 cm³/mol. The van der Waals surface area contributed by atoms with E-state index in [4.69, 9.17) is 23.2 Å². The van der Waals surface area contributed by atoms with E-state index in [1.807, 2.05) is 37.3 Å². The van der Waals surface area contributed by atoms with Gasteiger partial charge in [-0.15, -0.1) is 0 Å². The number of Topliss-reactive ketones (excluding diaryl/α,β-unsaturated/α-hetero) is 1. The summed E-state index contributed by atoms with van der Waals surface area (Å²) >= 11 is 12.0. The molecule has 0 aliphatic heterocycles. The molecule has 19 heavy (non-hydrogen) atoms. The normalized spacial score (nSPS) is 21.8. The fourth-order valence-corrected chi connectivity index (χ4v) is 2.77. The van der Waals surface area contributed by atoms with Crippen molar-refractivity contribution in [1.82, 2.24) is 4.90 Å². The summed E-state index contributed by atoms with van der Waals surface area (Å²) in [5.74, 6) is 0.119. The molecule has 1 unspecified atom stereocenters. The number of carbonyl (C=O) groups excluding carboxylic acids is 1. The number of rotatable bonds is 2. The van der Waals surface area contributed by atoms with Gasteiger partial charge in [-0.1, -0.05) is 29.3 Å². The fraction of sp³-hybridized carbons (Fsp3) is 0.400. The van der Waals surface area contributed by atoms with E-state index in [-0.39, 0.29) is 11.7 Å². The first-order chi connectivity index (χ1) is 8.99. The Morgan fingerprint density at radius 1 is 1.26 bits per heavy atom. The highest BCUT2D eigenvalue weighted by molar-refractivity contribution is 6.42. The highest BCUT2D eigenvalue weighted by atomic mass is 35.5. The lowest BCUT2D eigenvalue weighted by Gasteiger charge is -2.24. The van der Waals surface area contributed by atoms with Crippen molar-refractivity contribution < 1.29 is 4.79 Å². The molecule has 1 fully saturated rings. The zero-order valence-electron chi connectivity index (χ0n) is 11.1. The Labute approximate surface area is 124 Å². The maximum absolute atomic E-state index is 12.5. The van der Waals surface area contributed by atoms with E-state index in [9.17, 15) is 4.79 Å². The number of hydrogen-bond acceptors (Lipinski definition) is 2. The number of halogens is 2. The minimum atomic E-state index is -0.0882. The van der Waals surface area contributed by atoms with Gasteiger partial charge in [0.25, 0.3) is 0 Å². The van der Waals surface area contributed by atoms with Gasteiger partial charge in [0.15, 0.2) is 5.78 Å². The first-order valence-electron chi connectivity index (χ1n) is 6.35. The molecule has 0 spiro atoms. The van der Waals surface area contributed by atoms with Crippen molar-refractivity contribution in [3.8, 4) is 0 Å². The Kier molecular flexibility index (Phi) is 4.54.